The summed E-state index contributed by atoms with van der Waals surface area (Å²) in [4.78, 5) is 14.5. The minimum absolute atomic E-state index is 0.111. The van der Waals surface area contributed by atoms with E-state index in [-0.39, 0.29) is 18.7 Å². The Hall–Kier alpha value is -1.59. The molecular weight excluding hydrogens is 258 g/mol. The van der Waals surface area contributed by atoms with Gasteiger partial charge in [0, 0.05) is 19.2 Å². The molecule has 20 heavy (non-hydrogen) atoms. The Balaban J connectivity index is 1.64. The molecule has 2 heterocycles. The lowest BCUT2D eigenvalue weighted by Gasteiger charge is -2.31. The molecule has 1 fully saturated rings. The van der Waals surface area contributed by atoms with Gasteiger partial charge >= 0.3 is 0 Å². The summed E-state index contributed by atoms with van der Waals surface area (Å²) in [5.74, 6) is 1.48. The van der Waals surface area contributed by atoms with Gasteiger partial charge in [0.05, 0.1) is 12.6 Å². The van der Waals surface area contributed by atoms with Crippen LogP contribution in [-0.4, -0.2) is 50.3 Å². The van der Waals surface area contributed by atoms with Gasteiger partial charge < -0.3 is 14.2 Å². The molecule has 3 rings (SSSR count). The smallest absolute Gasteiger partial charge is 0.231 e. The molecule has 0 bridgehead atoms. The largest absolute Gasteiger partial charge is 0.454 e. The van der Waals surface area contributed by atoms with E-state index in [9.17, 15) is 4.79 Å². The summed E-state index contributed by atoms with van der Waals surface area (Å²) in [6.07, 6.45) is 2.39. The predicted molar refractivity (Wildman–Crippen MR) is 73.4 cm³/mol. The third kappa shape index (κ3) is 2.78. The number of Topliss-reactive ketones (excluding diaryl/α,β-unsaturated/α-hetero) is 1. The quantitative estimate of drug-likeness (QED) is 0.784. The van der Waals surface area contributed by atoms with Crippen LogP contribution in [0.4, 0.5) is 0 Å². The molecule has 1 aromatic rings. The number of carbonyl (C=O) groups excluding carboxylic acids is 1. The van der Waals surface area contributed by atoms with E-state index in [4.69, 9.17) is 14.2 Å². The van der Waals surface area contributed by atoms with Gasteiger partial charge in [-0.3, -0.25) is 9.69 Å². The molecule has 5 nitrogen and oxygen atoms in total. The van der Waals surface area contributed by atoms with Gasteiger partial charge in [-0.2, -0.15) is 0 Å². The van der Waals surface area contributed by atoms with Gasteiger partial charge in [0.2, 0.25) is 6.79 Å². The Kier molecular flexibility index (Phi) is 3.89. The average Bonchev–Trinajstić information content (AvgIpc) is 2.94. The maximum absolute atomic E-state index is 12.3. The number of hydrogen-bond donors (Lipinski definition) is 0. The second-order valence-electron chi connectivity index (χ2n) is 5.23. The van der Waals surface area contributed by atoms with E-state index in [1.54, 1.807) is 25.3 Å². The molecule has 0 aliphatic carbocycles. The number of rotatable bonds is 4. The van der Waals surface area contributed by atoms with Crippen LogP contribution >= 0.6 is 0 Å². The van der Waals surface area contributed by atoms with Crippen molar-refractivity contribution in [2.75, 3.05) is 33.5 Å². The summed E-state index contributed by atoms with van der Waals surface area (Å²) >= 11 is 0. The molecule has 0 N–H and O–H groups in total. The van der Waals surface area contributed by atoms with Crippen LogP contribution in [0.5, 0.6) is 11.5 Å². The Morgan fingerprint density at radius 2 is 2.25 bits per heavy atom. The first-order valence-corrected chi connectivity index (χ1v) is 6.94. The summed E-state index contributed by atoms with van der Waals surface area (Å²) < 4.78 is 15.9. The maximum Gasteiger partial charge on any atom is 0.231 e. The van der Waals surface area contributed by atoms with Crippen LogP contribution in [0, 0.1) is 0 Å². The Morgan fingerprint density at radius 1 is 1.40 bits per heavy atom. The third-order valence-corrected chi connectivity index (χ3v) is 3.86. The van der Waals surface area contributed by atoms with Gasteiger partial charge in [-0.15, -0.1) is 0 Å². The van der Waals surface area contributed by atoms with Crippen LogP contribution in [0.3, 0.4) is 0 Å². The molecule has 0 spiro atoms. The number of nitrogens with zero attached hydrogens (tertiary/aromatic N) is 1. The van der Waals surface area contributed by atoms with Crippen LogP contribution in [-0.2, 0) is 4.74 Å². The van der Waals surface area contributed by atoms with Crippen LogP contribution < -0.4 is 9.47 Å². The van der Waals surface area contributed by atoms with Crippen molar-refractivity contribution in [2.24, 2.45) is 0 Å². The summed E-state index contributed by atoms with van der Waals surface area (Å²) in [5.41, 5.74) is 0.675. The lowest BCUT2D eigenvalue weighted by Crippen LogP contribution is -2.41. The Bertz CT molecular complexity index is 503. The van der Waals surface area contributed by atoms with Gasteiger partial charge in [-0.1, -0.05) is 0 Å². The fourth-order valence-corrected chi connectivity index (χ4v) is 2.71. The molecule has 0 radical (unpaired) electrons. The fourth-order valence-electron chi connectivity index (χ4n) is 2.71. The number of likely N-dealkylation sites (tertiary alicyclic amines) is 1. The monoisotopic (exact) mass is 277 g/mol. The number of piperidine rings is 1. The van der Waals surface area contributed by atoms with Gasteiger partial charge in [-0.25, -0.2) is 0 Å². The van der Waals surface area contributed by atoms with E-state index in [1.807, 2.05) is 0 Å². The number of ether oxygens (including phenoxy) is 3. The second kappa shape index (κ2) is 5.81. The van der Waals surface area contributed by atoms with Crippen LogP contribution in [0.15, 0.2) is 18.2 Å². The number of benzene rings is 1. The zero-order valence-corrected chi connectivity index (χ0v) is 11.6. The van der Waals surface area contributed by atoms with Crippen molar-refractivity contribution in [1.82, 2.24) is 4.90 Å². The molecule has 0 aromatic heterocycles. The first-order chi connectivity index (χ1) is 9.76. The Labute approximate surface area is 118 Å². The molecule has 0 amide bonds. The second-order valence-corrected chi connectivity index (χ2v) is 5.23. The molecule has 1 aromatic carbocycles. The van der Waals surface area contributed by atoms with Crippen molar-refractivity contribution in [3.8, 4) is 11.5 Å². The van der Waals surface area contributed by atoms with Crippen molar-refractivity contribution in [1.29, 1.82) is 0 Å². The van der Waals surface area contributed by atoms with E-state index in [2.05, 4.69) is 4.90 Å². The van der Waals surface area contributed by atoms with E-state index in [0.29, 0.717) is 23.6 Å². The Morgan fingerprint density at radius 3 is 3.10 bits per heavy atom. The van der Waals surface area contributed by atoms with Crippen LogP contribution in [0.25, 0.3) is 0 Å². The molecule has 2 aliphatic rings. The molecule has 108 valence electrons. The summed E-state index contributed by atoms with van der Waals surface area (Å²) in [7, 11) is 1.73. The molecule has 1 atom stereocenters. The molecule has 5 heteroatoms. The lowest BCUT2D eigenvalue weighted by molar-refractivity contribution is 0.0314. The highest BCUT2D eigenvalue weighted by Gasteiger charge is 2.22. The van der Waals surface area contributed by atoms with E-state index < -0.39 is 0 Å². The highest BCUT2D eigenvalue weighted by atomic mass is 16.7. The predicted octanol–water partition coefficient (Wildman–Crippen LogP) is 1.71. The van der Waals surface area contributed by atoms with Gasteiger partial charge in [0.1, 0.15) is 0 Å². The summed E-state index contributed by atoms with van der Waals surface area (Å²) in [6, 6.07) is 5.36. The minimum atomic E-state index is 0.111. The number of fused-ring (bicyclic) bond motifs is 1. The first kappa shape index (κ1) is 13.4. The van der Waals surface area contributed by atoms with Gasteiger partial charge in [0.15, 0.2) is 17.3 Å². The number of carbonyl (C=O) groups is 1. The first-order valence-electron chi connectivity index (χ1n) is 6.94. The zero-order chi connectivity index (χ0) is 13.9. The molecule has 1 unspecified atom stereocenters. The lowest BCUT2D eigenvalue weighted by atomic mass is 10.1. The van der Waals surface area contributed by atoms with Crippen molar-refractivity contribution in [3.05, 3.63) is 23.8 Å². The summed E-state index contributed by atoms with van der Waals surface area (Å²) in [5, 5.41) is 0. The van der Waals surface area contributed by atoms with Crippen molar-refractivity contribution < 1.29 is 19.0 Å². The van der Waals surface area contributed by atoms with E-state index >= 15 is 0 Å². The third-order valence-electron chi connectivity index (χ3n) is 3.86. The number of ketones is 1. The normalized spacial score (nSPS) is 21.9. The standard InChI is InChI=1S/C15H19NO4/c1-18-12-3-2-6-16(8-12)9-13(17)11-4-5-14-15(7-11)20-10-19-14/h4-5,7,12H,2-3,6,8-10H2,1H3. The number of methoxy groups -OCH3 is 1. The average molecular weight is 277 g/mol. The van der Waals surface area contributed by atoms with Crippen molar-refractivity contribution in [3.63, 3.8) is 0 Å². The highest BCUT2D eigenvalue weighted by molar-refractivity contribution is 5.98. The van der Waals surface area contributed by atoms with Gasteiger partial charge in [0.25, 0.3) is 0 Å². The molecule has 2 aliphatic heterocycles. The molecular formula is C15H19NO4. The van der Waals surface area contributed by atoms with Crippen LogP contribution in [0.1, 0.15) is 23.2 Å². The van der Waals surface area contributed by atoms with Crippen LogP contribution in [0.2, 0.25) is 0 Å². The number of hydrogen-bond acceptors (Lipinski definition) is 5. The maximum atomic E-state index is 12.3. The summed E-state index contributed by atoms with van der Waals surface area (Å²) in [6.45, 7) is 2.44. The van der Waals surface area contributed by atoms with Crippen molar-refractivity contribution >= 4 is 5.78 Å². The topological polar surface area (TPSA) is 48.0 Å². The van der Waals surface area contributed by atoms with Gasteiger partial charge in [-0.05, 0) is 37.6 Å². The molecule has 1 saturated heterocycles. The minimum Gasteiger partial charge on any atom is -0.454 e. The van der Waals surface area contributed by atoms with E-state index in [0.717, 1.165) is 25.9 Å². The fraction of sp³-hybridized carbons (Fsp3) is 0.533. The zero-order valence-electron chi connectivity index (χ0n) is 11.6. The van der Waals surface area contributed by atoms with E-state index in [1.165, 1.54) is 0 Å². The highest BCUT2D eigenvalue weighted by Crippen LogP contribution is 2.32. The SMILES string of the molecule is COC1CCCN(CC(=O)c2ccc3c(c2)OCO3)C1. The van der Waals surface area contributed by atoms with Crippen molar-refractivity contribution in [2.45, 2.75) is 18.9 Å². The molecule has 0 saturated carbocycles.